The summed E-state index contributed by atoms with van der Waals surface area (Å²) < 4.78 is 13.4. The van der Waals surface area contributed by atoms with Crippen molar-refractivity contribution in [2.45, 2.75) is 0 Å². The average Bonchev–Trinajstić information content (AvgIpc) is 4.09. The van der Waals surface area contributed by atoms with Crippen molar-refractivity contribution >= 4 is 87.4 Å². The average molecular weight is 819 g/mol. The first kappa shape index (κ1) is 34.9. The Bertz CT molecular complexity index is 4140. The summed E-state index contributed by atoms with van der Waals surface area (Å²) in [6.45, 7) is 0. The second kappa shape index (κ2) is 13.3. The van der Waals surface area contributed by atoms with Crippen molar-refractivity contribution in [2.24, 2.45) is 0 Å². The van der Waals surface area contributed by atoms with E-state index >= 15 is 0 Å². The third-order valence-electron chi connectivity index (χ3n) is 12.9. The Hall–Kier alpha value is -8.81. The van der Waals surface area contributed by atoms with Crippen LogP contribution in [-0.4, -0.2) is 28.7 Å². The van der Waals surface area contributed by atoms with Crippen LogP contribution < -0.4 is 0 Å². The molecule has 0 aliphatic carbocycles. The quantitative estimate of drug-likeness (QED) is 0.173. The zero-order valence-electron chi connectivity index (χ0n) is 34.2. The summed E-state index contributed by atoms with van der Waals surface area (Å²) in [5, 5.41) is 9.02. The Morgan fingerprint density at radius 2 is 0.828 bits per heavy atom. The molecule has 7 heteroatoms. The normalized spacial score (nSPS) is 12.1. The number of hydrogen-bond donors (Lipinski definition) is 0. The highest BCUT2D eigenvalue weighted by Crippen LogP contribution is 2.41. The Kier molecular flexibility index (Phi) is 7.27. The second-order valence-corrected chi connectivity index (χ2v) is 16.4. The molecule has 9 aromatic carbocycles. The fourth-order valence-electron chi connectivity index (χ4n) is 10.1. The van der Waals surface area contributed by atoms with Crippen LogP contribution in [0.3, 0.4) is 0 Å². The van der Waals surface area contributed by atoms with Gasteiger partial charge in [-0.3, -0.25) is 9.13 Å². The summed E-state index contributed by atoms with van der Waals surface area (Å²) in [5.41, 5.74) is 12.1. The first-order valence-corrected chi connectivity index (χ1v) is 21.5. The van der Waals surface area contributed by atoms with Gasteiger partial charge in [-0.25, -0.2) is 0 Å². The molecule has 7 nitrogen and oxygen atoms in total. The molecule has 0 saturated carbocycles. The maximum atomic E-state index is 6.64. The molecule has 0 fully saturated rings. The lowest BCUT2D eigenvalue weighted by atomic mass is 9.99. The van der Waals surface area contributed by atoms with Gasteiger partial charge in [0.1, 0.15) is 11.2 Å². The molecule has 14 rings (SSSR count). The van der Waals surface area contributed by atoms with Crippen LogP contribution in [0.4, 0.5) is 0 Å². The van der Waals surface area contributed by atoms with E-state index in [9.17, 15) is 0 Å². The van der Waals surface area contributed by atoms with Gasteiger partial charge in [0.2, 0.25) is 11.9 Å². The van der Waals surface area contributed by atoms with Crippen LogP contribution in [0.5, 0.6) is 0 Å². The SMILES string of the molecule is c1ccc(-c2cccc3oc4cc(-c5nc(-n6c7ccccc7c7ccccc76)nc(-n6c7ccccc7c7cc8c9ccccc9n(-c9ccccc9)c8cc76)n5)ccc4c23)cc1. The van der Waals surface area contributed by atoms with E-state index < -0.39 is 0 Å². The van der Waals surface area contributed by atoms with E-state index in [4.69, 9.17) is 19.4 Å². The molecule has 0 spiro atoms. The zero-order valence-corrected chi connectivity index (χ0v) is 34.2. The lowest BCUT2D eigenvalue weighted by molar-refractivity contribution is 0.669. The first-order chi connectivity index (χ1) is 31.7. The molecule has 298 valence electrons. The van der Waals surface area contributed by atoms with Crippen LogP contribution in [0.25, 0.3) is 127 Å². The maximum Gasteiger partial charge on any atom is 0.240 e. The van der Waals surface area contributed by atoms with Crippen LogP contribution in [0.1, 0.15) is 0 Å². The molecule has 0 atom stereocenters. The molecule has 5 heterocycles. The Morgan fingerprint density at radius 1 is 0.312 bits per heavy atom. The van der Waals surface area contributed by atoms with Crippen molar-refractivity contribution in [3.05, 3.63) is 206 Å². The molecule has 0 aliphatic rings. The standard InChI is InChI=1S/C57H34N6O/c1-3-16-35(17-4-1)38-24-15-29-52-54(38)43-31-30-36(32-53(43)64-52)55-58-56(62-47-26-12-7-20-39(47)40-21-8-13-27-48(40)62)60-57(59-55)63-49-28-14-10-23-42(49)45-33-44-41-22-9-11-25-46(41)61(50(44)34-51(45)63)37-18-5-2-6-19-37/h1-34H. The van der Waals surface area contributed by atoms with Crippen molar-refractivity contribution in [3.63, 3.8) is 0 Å². The van der Waals surface area contributed by atoms with E-state index in [1.54, 1.807) is 0 Å². The topological polar surface area (TPSA) is 66.6 Å². The zero-order chi connectivity index (χ0) is 41.9. The van der Waals surface area contributed by atoms with Gasteiger partial charge in [0, 0.05) is 54.3 Å². The van der Waals surface area contributed by atoms with Crippen molar-refractivity contribution in [1.82, 2.24) is 28.7 Å². The third-order valence-corrected chi connectivity index (χ3v) is 12.9. The Labute approximate surface area is 365 Å². The van der Waals surface area contributed by atoms with Gasteiger partial charge in [0.15, 0.2) is 5.82 Å². The molecule has 0 unspecified atom stereocenters. The Balaban J connectivity index is 1.07. The van der Waals surface area contributed by atoms with Crippen LogP contribution in [-0.2, 0) is 0 Å². The highest BCUT2D eigenvalue weighted by Gasteiger charge is 2.23. The van der Waals surface area contributed by atoms with E-state index in [2.05, 4.69) is 208 Å². The number of furan rings is 1. The number of rotatable bonds is 5. The maximum absolute atomic E-state index is 6.64. The minimum atomic E-state index is 0.519. The van der Waals surface area contributed by atoms with E-state index in [1.165, 1.54) is 10.8 Å². The molecule has 14 aromatic rings. The van der Waals surface area contributed by atoms with Gasteiger partial charge < -0.3 is 8.98 Å². The predicted octanol–water partition coefficient (Wildman–Crippen LogP) is 14.4. The van der Waals surface area contributed by atoms with E-state index in [1.807, 2.05) is 12.1 Å². The van der Waals surface area contributed by atoms with Crippen molar-refractivity contribution in [3.8, 4) is 40.1 Å². The minimum Gasteiger partial charge on any atom is -0.456 e. The van der Waals surface area contributed by atoms with Crippen LogP contribution in [0.15, 0.2) is 211 Å². The lowest BCUT2D eigenvalue weighted by Gasteiger charge is -2.13. The van der Waals surface area contributed by atoms with Crippen molar-refractivity contribution in [2.75, 3.05) is 0 Å². The van der Waals surface area contributed by atoms with Gasteiger partial charge >= 0.3 is 0 Å². The summed E-state index contributed by atoms with van der Waals surface area (Å²) in [6.07, 6.45) is 0. The number of para-hydroxylation sites is 5. The van der Waals surface area contributed by atoms with Crippen LogP contribution in [0.2, 0.25) is 0 Å². The Morgan fingerprint density at radius 3 is 1.45 bits per heavy atom. The molecule has 0 aliphatic heterocycles. The number of aromatic nitrogens is 6. The highest BCUT2D eigenvalue weighted by atomic mass is 16.3. The fraction of sp³-hybridized carbons (Fsp3) is 0. The number of fused-ring (bicyclic) bond motifs is 12. The molecular weight excluding hydrogens is 785 g/mol. The van der Waals surface area contributed by atoms with E-state index in [-0.39, 0.29) is 0 Å². The molecule has 0 bridgehead atoms. The predicted molar refractivity (Wildman–Crippen MR) is 261 cm³/mol. The molecule has 64 heavy (non-hydrogen) atoms. The second-order valence-electron chi connectivity index (χ2n) is 16.4. The van der Waals surface area contributed by atoms with Gasteiger partial charge in [-0.1, -0.05) is 140 Å². The van der Waals surface area contributed by atoms with Crippen molar-refractivity contribution in [1.29, 1.82) is 0 Å². The summed E-state index contributed by atoms with van der Waals surface area (Å²) >= 11 is 0. The smallest absolute Gasteiger partial charge is 0.240 e. The number of nitrogens with zero attached hydrogens (tertiary/aromatic N) is 6. The van der Waals surface area contributed by atoms with Crippen LogP contribution >= 0.6 is 0 Å². The highest BCUT2D eigenvalue weighted by molar-refractivity contribution is 6.19. The summed E-state index contributed by atoms with van der Waals surface area (Å²) in [4.78, 5) is 16.2. The van der Waals surface area contributed by atoms with Gasteiger partial charge in [0.05, 0.1) is 33.1 Å². The largest absolute Gasteiger partial charge is 0.456 e. The molecule has 0 N–H and O–H groups in total. The molecule has 5 aromatic heterocycles. The third kappa shape index (κ3) is 5.00. The number of hydrogen-bond acceptors (Lipinski definition) is 4. The lowest BCUT2D eigenvalue weighted by Crippen LogP contribution is -2.10. The van der Waals surface area contributed by atoms with Crippen LogP contribution in [0, 0.1) is 0 Å². The first-order valence-electron chi connectivity index (χ1n) is 21.5. The summed E-state index contributed by atoms with van der Waals surface area (Å²) in [7, 11) is 0. The summed E-state index contributed by atoms with van der Waals surface area (Å²) in [5.74, 6) is 1.59. The van der Waals surface area contributed by atoms with Gasteiger partial charge in [-0.15, -0.1) is 0 Å². The van der Waals surface area contributed by atoms with Crippen molar-refractivity contribution < 1.29 is 4.42 Å². The number of benzene rings is 9. The van der Waals surface area contributed by atoms with E-state index in [0.717, 1.165) is 99.0 Å². The molecule has 0 amide bonds. The van der Waals surface area contributed by atoms with E-state index in [0.29, 0.717) is 17.7 Å². The van der Waals surface area contributed by atoms with Gasteiger partial charge in [-0.2, -0.15) is 15.0 Å². The summed E-state index contributed by atoms with van der Waals surface area (Å²) in [6, 6.07) is 72.5. The van der Waals surface area contributed by atoms with Gasteiger partial charge in [-0.05, 0) is 77.9 Å². The van der Waals surface area contributed by atoms with Gasteiger partial charge in [0.25, 0.3) is 0 Å². The molecule has 0 radical (unpaired) electrons. The monoisotopic (exact) mass is 818 g/mol. The fourth-order valence-corrected chi connectivity index (χ4v) is 10.1. The molecular formula is C57H34N6O. The minimum absolute atomic E-state index is 0.519. The molecule has 0 saturated heterocycles.